The summed E-state index contributed by atoms with van der Waals surface area (Å²) in [5, 5.41) is 3.34. The van der Waals surface area contributed by atoms with Crippen LogP contribution in [0.3, 0.4) is 0 Å². The number of rotatable bonds is 1. The number of fused-ring (bicyclic) bond motifs is 1. The summed E-state index contributed by atoms with van der Waals surface area (Å²) in [4.78, 5) is 9.60. The first-order valence-corrected chi connectivity index (χ1v) is 5.92. The van der Waals surface area contributed by atoms with Crippen LogP contribution in [0.1, 0.15) is 31.9 Å². The molecule has 0 fully saturated rings. The molecular weight excluding hydrogens is 214 g/mol. The van der Waals surface area contributed by atoms with Crippen LogP contribution in [0.4, 0.5) is 0 Å². The molecule has 3 nitrogen and oxygen atoms in total. The fourth-order valence-electron chi connectivity index (χ4n) is 1.56. The lowest BCUT2D eigenvalue weighted by Gasteiger charge is -2.15. The molecule has 1 heterocycles. The maximum atomic E-state index is 9.60. The van der Waals surface area contributed by atoms with Crippen LogP contribution in [0, 0.1) is 0 Å². The molecule has 17 heavy (non-hydrogen) atoms. The summed E-state index contributed by atoms with van der Waals surface area (Å²) in [6.45, 7) is 8.11. The van der Waals surface area contributed by atoms with Gasteiger partial charge in [0.05, 0.1) is 0 Å². The lowest BCUT2D eigenvalue weighted by Crippen LogP contribution is -2.23. The van der Waals surface area contributed by atoms with Gasteiger partial charge in [-0.05, 0) is 44.9 Å². The van der Waals surface area contributed by atoms with Crippen molar-refractivity contribution in [1.82, 2.24) is 5.32 Å². The molecule has 1 aromatic carbocycles. The smallest absolute Gasteiger partial charge is 0.293 e. The summed E-state index contributed by atoms with van der Waals surface area (Å²) in [7, 11) is 0. The van der Waals surface area contributed by atoms with Gasteiger partial charge in [0.1, 0.15) is 5.60 Å². The Bertz CT molecular complexity index is 330. The van der Waals surface area contributed by atoms with Crippen LogP contribution in [0.25, 0.3) is 0 Å². The highest BCUT2D eigenvalue weighted by Crippen LogP contribution is 2.11. The first-order chi connectivity index (χ1) is 8.03. The third-order valence-electron chi connectivity index (χ3n) is 2.41. The van der Waals surface area contributed by atoms with Crippen LogP contribution >= 0.6 is 0 Å². The zero-order valence-electron chi connectivity index (χ0n) is 10.8. The van der Waals surface area contributed by atoms with Crippen molar-refractivity contribution in [2.24, 2.45) is 0 Å². The van der Waals surface area contributed by atoms with E-state index in [1.807, 2.05) is 20.8 Å². The second kappa shape index (κ2) is 6.40. The summed E-state index contributed by atoms with van der Waals surface area (Å²) in [5.74, 6) is 0. The fourth-order valence-corrected chi connectivity index (χ4v) is 1.56. The minimum absolute atomic E-state index is 0.318. The molecule has 1 N–H and O–H groups in total. The van der Waals surface area contributed by atoms with Gasteiger partial charge in [-0.3, -0.25) is 4.79 Å². The largest absolute Gasteiger partial charge is 0.462 e. The van der Waals surface area contributed by atoms with Gasteiger partial charge in [0.25, 0.3) is 6.47 Å². The Morgan fingerprint density at radius 3 is 2.35 bits per heavy atom. The van der Waals surface area contributed by atoms with Crippen LogP contribution < -0.4 is 5.32 Å². The van der Waals surface area contributed by atoms with Crippen molar-refractivity contribution in [1.29, 1.82) is 0 Å². The average molecular weight is 235 g/mol. The third kappa shape index (κ3) is 5.50. The molecule has 0 aromatic heterocycles. The monoisotopic (exact) mass is 235 g/mol. The highest BCUT2D eigenvalue weighted by Gasteiger charge is 2.07. The maximum Gasteiger partial charge on any atom is 0.293 e. The Hall–Kier alpha value is -1.35. The van der Waals surface area contributed by atoms with Gasteiger partial charge in [-0.2, -0.15) is 0 Å². The van der Waals surface area contributed by atoms with E-state index in [0.29, 0.717) is 6.47 Å². The van der Waals surface area contributed by atoms with Gasteiger partial charge >= 0.3 is 0 Å². The number of benzene rings is 1. The van der Waals surface area contributed by atoms with Crippen molar-refractivity contribution in [2.45, 2.75) is 39.3 Å². The standard InChI is InChI=1S/C9H11N.C5H10O2/c1-2-4-9-7-10-6-5-8(9)3-1;1-5(2,3)7-4-6/h1-4,10H,5-7H2;4H,1-3H3. The van der Waals surface area contributed by atoms with Gasteiger partial charge in [-0.25, -0.2) is 0 Å². The minimum atomic E-state index is -0.318. The SMILES string of the molecule is CC(C)(C)OC=O.c1ccc2c(c1)CCNC2. The highest BCUT2D eigenvalue weighted by molar-refractivity contribution is 5.37. The highest BCUT2D eigenvalue weighted by atomic mass is 16.5. The molecule has 1 aromatic rings. The van der Waals surface area contributed by atoms with Crippen LogP contribution in [-0.2, 0) is 22.5 Å². The zero-order valence-corrected chi connectivity index (χ0v) is 10.8. The Labute approximate surface area is 103 Å². The van der Waals surface area contributed by atoms with E-state index in [9.17, 15) is 4.79 Å². The lowest BCUT2D eigenvalue weighted by molar-refractivity contribution is -0.138. The predicted molar refractivity (Wildman–Crippen MR) is 68.8 cm³/mol. The second-order valence-corrected chi connectivity index (χ2v) is 5.02. The predicted octanol–water partition coefficient (Wildman–Crippen LogP) is 2.29. The second-order valence-electron chi connectivity index (χ2n) is 5.02. The summed E-state index contributed by atoms with van der Waals surface area (Å²) in [5.41, 5.74) is 2.66. The van der Waals surface area contributed by atoms with E-state index in [4.69, 9.17) is 0 Å². The van der Waals surface area contributed by atoms with Crippen molar-refractivity contribution < 1.29 is 9.53 Å². The van der Waals surface area contributed by atoms with Gasteiger partial charge in [-0.15, -0.1) is 0 Å². The van der Waals surface area contributed by atoms with E-state index in [1.165, 1.54) is 17.5 Å². The van der Waals surface area contributed by atoms with E-state index in [1.54, 1.807) is 0 Å². The normalized spacial score (nSPS) is 14.1. The molecule has 2 rings (SSSR count). The zero-order chi connectivity index (χ0) is 12.7. The molecule has 94 valence electrons. The van der Waals surface area contributed by atoms with Gasteiger partial charge < -0.3 is 10.1 Å². The quantitative estimate of drug-likeness (QED) is 0.759. The minimum Gasteiger partial charge on any atom is -0.462 e. The Balaban J connectivity index is 0.000000185. The van der Waals surface area contributed by atoms with E-state index in [-0.39, 0.29) is 5.60 Å². The van der Waals surface area contributed by atoms with Gasteiger partial charge in [-0.1, -0.05) is 24.3 Å². The number of nitrogens with one attached hydrogen (secondary N) is 1. The molecule has 0 atom stereocenters. The lowest BCUT2D eigenvalue weighted by atomic mass is 10.0. The van der Waals surface area contributed by atoms with Crippen molar-refractivity contribution >= 4 is 6.47 Å². The van der Waals surface area contributed by atoms with Crippen molar-refractivity contribution in [2.75, 3.05) is 6.54 Å². The molecule has 0 aliphatic carbocycles. The summed E-state index contributed by atoms with van der Waals surface area (Å²) >= 11 is 0. The van der Waals surface area contributed by atoms with E-state index < -0.39 is 0 Å². The molecule has 1 aliphatic rings. The molecular formula is C14H21NO2. The van der Waals surface area contributed by atoms with Crippen molar-refractivity contribution in [3.63, 3.8) is 0 Å². The van der Waals surface area contributed by atoms with Crippen LogP contribution in [0.15, 0.2) is 24.3 Å². The summed E-state index contributed by atoms with van der Waals surface area (Å²) < 4.78 is 4.55. The number of carbonyl (C=O) groups excluding carboxylic acids is 1. The topological polar surface area (TPSA) is 38.3 Å². The summed E-state index contributed by atoms with van der Waals surface area (Å²) in [6, 6.07) is 8.63. The molecule has 0 unspecified atom stereocenters. The average Bonchev–Trinajstić information content (AvgIpc) is 2.28. The third-order valence-corrected chi connectivity index (χ3v) is 2.41. The van der Waals surface area contributed by atoms with Gasteiger partial charge in [0.15, 0.2) is 0 Å². The number of ether oxygens (including phenoxy) is 1. The number of carbonyl (C=O) groups is 1. The maximum absolute atomic E-state index is 9.60. The fraction of sp³-hybridized carbons (Fsp3) is 0.500. The Kier molecular flexibility index (Phi) is 5.16. The Morgan fingerprint density at radius 1 is 1.24 bits per heavy atom. The molecule has 0 spiro atoms. The van der Waals surface area contributed by atoms with Crippen LogP contribution in [0.2, 0.25) is 0 Å². The van der Waals surface area contributed by atoms with E-state index in [0.717, 1.165) is 13.1 Å². The Morgan fingerprint density at radius 2 is 1.88 bits per heavy atom. The first-order valence-electron chi connectivity index (χ1n) is 5.92. The molecule has 3 heteroatoms. The number of hydrogen-bond donors (Lipinski definition) is 1. The molecule has 1 aliphatic heterocycles. The number of hydrogen-bond acceptors (Lipinski definition) is 3. The van der Waals surface area contributed by atoms with E-state index in [2.05, 4.69) is 34.3 Å². The molecule has 0 bridgehead atoms. The van der Waals surface area contributed by atoms with Crippen molar-refractivity contribution in [3.8, 4) is 0 Å². The van der Waals surface area contributed by atoms with Gasteiger partial charge in [0, 0.05) is 6.54 Å². The molecule has 0 saturated heterocycles. The molecule has 0 amide bonds. The summed E-state index contributed by atoms with van der Waals surface area (Å²) in [6.07, 6.45) is 1.19. The first kappa shape index (κ1) is 13.7. The van der Waals surface area contributed by atoms with Crippen LogP contribution in [-0.4, -0.2) is 18.6 Å². The van der Waals surface area contributed by atoms with E-state index >= 15 is 0 Å². The molecule has 0 saturated carbocycles. The van der Waals surface area contributed by atoms with Crippen molar-refractivity contribution in [3.05, 3.63) is 35.4 Å². The van der Waals surface area contributed by atoms with Crippen LogP contribution in [0.5, 0.6) is 0 Å². The molecule has 0 radical (unpaired) electrons. The van der Waals surface area contributed by atoms with Gasteiger partial charge in [0.2, 0.25) is 0 Å².